The van der Waals surface area contributed by atoms with E-state index >= 15 is 0 Å². The van der Waals surface area contributed by atoms with E-state index in [1.807, 2.05) is 32.0 Å². The zero-order valence-electron chi connectivity index (χ0n) is 13.1. The van der Waals surface area contributed by atoms with Crippen LogP contribution in [0.3, 0.4) is 0 Å². The Hall–Kier alpha value is -1.55. The maximum absolute atomic E-state index is 12.5. The number of hydrogen-bond acceptors (Lipinski definition) is 4. The SMILES string of the molecule is CCOC(=O)C1(Nc2cccc(C)c2)CCOC(CC)C1. The molecule has 0 aromatic heterocycles. The molecular weight excluding hydrogens is 266 g/mol. The number of nitrogens with one attached hydrogen (secondary N) is 1. The summed E-state index contributed by atoms with van der Waals surface area (Å²) in [6, 6.07) is 8.08. The first kappa shape index (κ1) is 15.8. The first-order valence-electron chi connectivity index (χ1n) is 7.73. The van der Waals surface area contributed by atoms with Gasteiger partial charge in [0.05, 0.1) is 12.7 Å². The average molecular weight is 291 g/mol. The third-order valence-corrected chi connectivity index (χ3v) is 3.98. The Morgan fingerprint density at radius 1 is 1.48 bits per heavy atom. The van der Waals surface area contributed by atoms with Crippen LogP contribution in [0.25, 0.3) is 0 Å². The van der Waals surface area contributed by atoms with E-state index in [-0.39, 0.29) is 12.1 Å². The number of carbonyl (C=O) groups excluding carboxylic acids is 1. The molecular formula is C17H25NO3. The molecule has 21 heavy (non-hydrogen) atoms. The highest BCUT2D eigenvalue weighted by atomic mass is 16.5. The molecule has 1 saturated heterocycles. The van der Waals surface area contributed by atoms with Crippen molar-refractivity contribution in [3.05, 3.63) is 29.8 Å². The van der Waals surface area contributed by atoms with Gasteiger partial charge in [-0.1, -0.05) is 19.1 Å². The Balaban J connectivity index is 2.25. The summed E-state index contributed by atoms with van der Waals surface area (Å²) in [4.78, 5) is 12.5. The minimum atomic E-state index is -0.678. The van der Waals surface area contributed by atoms with Crippen LogP contribution in [0.1, 0.15) is 38.7 Å². The lowest BCUT2D eigenvalue weighted by atomic mass is 9.85. The molecule has 4 nitrogen and oxygen atoms in total. The van der Waals surface area contributed by atoms with Gasteiger partial charge in [0.25, 0.3) is 0 Å². The van der Waals surface area contributed by atoms with Crippen LogP contribution in [0.5, 0.6) is 0 Å². The van der Waals surface area contributed by atoms with Gasteiger partial charge in [0.2, 0.25) is 0 Å². The Morgan fingerprint density at radius 2 is 2.29 bits per heavy atom. The number of rotatable bonds is 5. The molecule has 2 rings (SSSR count). The van der Waals surface area contributed by atoms with E-state index in [0.717, 1.165) is 17.7 Å². The van der Waals surface area contributed by atoms with Gasteiger partial charge in [0.1, 0.15) is 5.54 Å². The van der Waals surface area contributed by atoms with Crippen molar-refractivity contribution in [3.8, 4) is 0 Å². The molecule has 0 spiro atoms. The molecule has 0 saturated carbocycles. The smallest absolute Gasteiger partial charge is 0.331 e. The molecule has 0 amide bonds. The lowest BCUT2D eigenvalue weighted by molar-refractivity contribution is -0.154. The monoisotopic (exact) mass is 291 g/mol. The standard InChI is InChI=1S/C17H25NO3/c1-4-15-12-17(9-10-21-15,16(19)20-5-2)18-14-8-6-7-13(3)11-14/h6-8,11,15,18H,4-5,9-10,12H2,1-3H3. The van der Waals surface area contributed by atoms with Gasteiger partial charge in [-0.2, -0.15) is 0 Å². The van der Waals surface area contributed by atoms with Crippen molar-refractivity contribution >= 4 is 11.7 Å². The van der Waals surface area contributed by atoms with Gasteiger partial charge in [-0.3, -0.25) is 0 Å². The highest BCUT2D eigenvalue weighted by Gasteiger charge is 2.44. The van der Waals surface area contributed by atoms with E-state index in [1.54, 1.807) is 0 Å². The lowest BCUT2D eigenvalue weighted by Gasteiger charge is -2.40. The fourth-order valence-electron chi connectivity index (χ4n) is 2.83. The second-order valence-electron chi connectivity index (χ2n) is 5.65. The molecule has 1 aliphatic rings. The minimum absolute atomic E-state index is 0.0977. The molecule has 2 unspecified atom stereocenters. The zero-order valence-corrected chi connectivity index (χ0v) is 13.1. The fraction of sp³-hybridized carbons (Fsp3) is 0.588. The summed E-state index contributed by atoms with van der Waals surface area (Å²) >= 11 is 0. The number of aryl methyl sites for hydroxylation is 1. The van der Waals surface area contributed by atoms with Gasteiger partial charge in [-0.25, -0.2) is 4.79 Å². The number of hydrogen-bond donors (Lipinski definition) is 1. The van der Waals surface area contributed by atoms with E-state index in [0.29, 0.717) is 26.1 Å². The molecule has 0 radical (unpaired) electrons. The predicted molar refractivity (Wildman–Crippen MR) is 83.4 cm³/mol. The van der Waals surface area contributed by atoms with Crippen LogP contribution in [0.15, 0.2) is 24.3 Å². The molecule has 1 aromatic carbocycles. The summed E-state index contributed by atoms with van der Waals surface area (Å²) in [5, 5.41) is 3.43. The van der Waals surface area contributed by atoms with Crippen molar-refractivity contribution in [1.82, 2.24) is 0 Å². The van der Waals surface area contributed by atoms with Gasteiger partial charge in [0.15, 0.2) is 0 Å². The maximum atomic E-state index is 12.5. The molecule has 1 fully saturated rings. The lowest BCUT2D eigenvalue weighted by Crippen LogP contribution is -2.53. The zero-order chi connectivity index (χ0) is 15.3. The maximum Gasteiger partial charge on any atom is 0.331 e. The Kier molecular flexibility index (Phi) is 5.23. The molecule has 1 aromatic rings. The molecule has 4 heteroatoms. The van der Waals surface area contributed by atoms with Crippen LogP contribution < -0.4 is 5.32 Å². The first-order chi connectivity index (χ1) is 10.1. The number of benzene rings is 1. The quantitative estimate of drug-likeness (QED) is 0.846. The van der Waals surface area contributed by atoms with Crippen molar-refractivity contribution in [2.24, 2.45) is 0 Å². The largest absolute Gasteiger partial charge is 0.464 e. The summed E-state index contributed by atoms with van der Waals surface area (Å²) < 4.78 is 11.0. The van der Waals surface area contributed by atoms with Crippen molar-refractivity contribution in [2.75, 3.05) is 18.5 Å². The van der Waals surface area contributed by atoms with Crippen LogP contribution in [-0.2, 0) is 14.3 Å². The summed E-state index contributed by atoms with van der Waals surface area (Å²) in [5.74, 6) is -0.173. The molecule has 1 N–H and O–H groups in total. The van der Waals surface area contributed by atoms with Crippen molar-refractivity contribution < 1.29 is 14.3 Å². The Bertz CT molecular complexity index is 489. The van der Waals surface area contributed by atoms with E-state index in [1.165, 1.54) is 0 Å². The number of ether oxygens (including phenoxy) is 2. The van der Waals surface area contributed by atoms with E-state index in [2.05, 4.69) is 18.3 Å². The average Bonchev–Trinajstić information content (AvgIpc) is 2.47. The van der Waals surface area contributed by atoms with E-state index < -0.39 is 5.54 Å². The molecule has 0 bridgehead atoms. The summed E-state index contributed by atoms with van der Waals surface area (Å²) in [6.45, 7) is 6.94. The normalized spacial score (nSPS) is 25.4. The Labute approximate surface area is 126 Å². The third kappa shape index (κ3) is 3.76. The third-order valence-electron chi connectivity index (χ3n) is 3.98. The molecule has 1 aliphatic heterocycles. The van der Waals surface area contributed by atoms with Gasteiger partial charge in [0, 0.05) is 25.1 Å². The summed E-state index contributed by atoms with van der Waals surface area (Å²) in [5.41, 5.74) is 1.45. The number of esters is 1. The highest BCUT2D eigenvalue weighted by Crippen LogP contribution is 2.32. The van der Waals surface area contributed by atoms with Crippen molar-refractivity contribution in [3.63, 3.8) is 0 Å². The van der Waals surface area contributed by atoms with Crippen LogP contribution in [0, 0.1) is 6.92 Å². The van der Waals surface area contributed by atoms with Crippen molar-refractivity contribution in [2.45, 2.75) is 51.7 Å². The molecule has 1 heterocycles. The van der Waals surface area contributed by atoms with Crippen LogP contribution in [0.4, 0.5) is 5.69 Å². The van der Waals surface area contributed by atoms with E-state index in [9.17, 15) is 4.79 Å². The summed E-state index contributed by atoms with van der Waals surface area (Å²) in [7, 11) is 0. The highest BCUT2D eigenvalue weighted by molar-refractivity contribution is 5.85. The van der Waals surface area contributed by atoms with Gasteiger partial charge < -0.3 is 14.8 Å². The van der Waals surface area contributed by atoms with Crippen LogP contribution in [-0.4, -0.2) is 30.8 Å². The predicted octanol–water partition coefficient (Wildman–Crippen LogP) is 3.30. The molecule has 116 valence electrons. The molecule has 2 atom stereocenters. The van der Waals surface area contributed by atoms with Crippen molar-refractivity contribution in [1.29, 1.82) is 0 Å². The van der Waals surface area contributed by atoms with E-state index in [4.69, 9.17) is 9.47 Å². The number of carbonyl (C=O) groups is 1. The van der Waals surface area contributed by atoms with Gasteiger partial charge in [-0.05, 0) is 38.0 Å². The van der Waals surface area contributed by atoms with Gasteiger partial charge in [-0.15, -0.1) is 0 Å². The van der Waals surface area contributed by atoms with Gasteiger partial charge >= 0.3 is 5.97 Å². The molecule has 0 aliphatic carbocycles. The topological polar surface area (TPSA) is 47.6 Å². The minimum Gasteiger partial charge on any atom is -0.464 e. The fourth-order valence-corrected chi connectivity index (χ4v) is 2.83. The summed E-state index contributed by atoms with van der Waals surface area (Å²) in [6.07, 6.45) is 2.28. The second kappa shape index (κ2) is 6.94. The second-order valence-corrected chi connectivity index (χ2v) is 5.65. The number of anilines is 1. The van der Waals surface area contributed by atoms with Crippen LogP contribution in [0.2, 0.25) is 0 Å². The van der Waals surface area contributed by atoms with Crippen LogP contribution >= 0.6 is 0 Å². The Morgan fingerprint density at radius 3 is 2.95 bits per heavy atom. The first-order valence-corrected chi connectivity index (χ1v) is 7.73.